The monoisotopic (exact) mass is 419 g/mol. The Bertz CT molecular complexity index is 759. The fourth-order valence-electron chi connectivity index (χ4n) is 2.18. The first kappa shape index (κ1) is 20.0. The third-order valence-electron chi connectivity index (χ3n) is 3.46. The molecule has 0 unspecified atom stereocenters. The average molecular weight is 420 g/mol. The van der Waals surface area contributed by atoms with Gasteiger partial charge in [-0.1, -0.05) is 29.8 Å². The highest BCUT2D eigenvalue weighted by Crippen LogP contribution is 2.25. The minimum Gasteiger partial charge on any atom is -0.493 e. The lowest BCUT2D eigenvalue weighted by Gasteiger charge is -2.12. The van der Waals surface area contributed by atoms with Crippen molar-refractivity contribution >= 4 is 33.5 Å². The highest BCUT2D eigenvalue weighted by molar-refractivity contribution is 9.10. The molecule has 0 heterocycles. The lowest BCUT2D eigenvalue weighted by Crippen LogP contribution is -2.14. The second-order valence-electron chi connectivity index (χ2n) is 5.66. The number of ether oxygens (including phenoxy) is 2. The molecule has 6 heteroatoms. The van der Waals surface area contributed by atoms with Crippen LogP contribution in [0.5, 0.6) is 5.75 Å². The van der Waals surface area contributed by atoms with E-state index in [-0.39, 0.29) is 11.9 Å². The molecule has 138 valence electrons. The van der Waals surface area contributed by atoms with Gasteiger partial charge in [0, 0.05) is 10.2 Å². The zero-order chi connectivity index (χ0) is 18.9. The molecule has 0 aromatic heterocycles. The predicted octanol–water partition coefficient (Wildman–Crippen LogP) is 5.06. The van der Waals surface area contributed by atoms with Crippen LogP contribution in [0, 0.1) is 0 Å². The molecule has 5 nitrogen and oxygen atoms in total. The van der Waals surface area contributed by atoms with E-state index < -0.39 is 0 Å². The highest BCUT2D eigenvalue weighted by Gasteiger charge is 2.14. The molecule has 0 saturated carbocycles. The van der Waals surface area contributed by atoms with Crippen LogP contribution in [0.25, 0.3) is 0 Å². The van der Waals surface area contributed by atoms with Crippen LogP contribution in [-0.2, 0) is 4.74 Å². The van der Waals surface area contributed by atoms with E-state index in [1.807, 2.05) is 19.9 Å². The van der Waals surface area contributed by atoms with Gasteiger partial charge >= 0.3 is 5.97 Å². The molecule has 0 fully saturated rings. The van der Waals surface area contributed by atoms with Gasteiger partial charge in [-0.15, -0.1) is 0 Å². The summed E-state index contributed by atoms with van der Waals surface area (Å²) < 4.78 is 11.5. The number of carbonyl (C=O) groups is 2. The van der Waals surface area contributed by atoms with Gasteiger partial charge in [-0.3, -0.25) is 4.79 Å². The highest BCUT2D eigenvalue weighted by atomic mass is 79.9. The van der Waals surface area contributed by atoms with Crippen LogP contribution in [0.2, 0.25) is 0 Å². The molecule has 0 bridgehead atoms. The van der Waals surface area contributed by atoms with Crippen molar-refractivity contribution in [3.63, 3.8) is 0 Å². The van der Waals surface area contributed by atoms with Crippen molar-refractivity contribution in [1.82, 2.24) is 0 Å². The Morgan fingerprint density at radius 2 is 1.69 bits per heavy atom. The van der Waals surface area contributed by atoms with Crippen molar-refractivity contribution in [2.45, 2.75) is 26.7 Å². The topological polar surface area (TPSA) is 64.6 Å². The first-order valence-electron chi connectivity index (χ1n) is 8.56. The Kier molecular flexibility index (Phi) is 7.66. The lowest BCUT2D eigenvalue weighted by molar-refractivity contribution is 0.0505. The van der Waals surface area contributed by atoms with Gasteiger partial charge in [0.05, 0.1) is 24.3 Å². The van der Waals surface area contributed by atoms with Crippen LogP contribution in [-0.4, -0.2) is 25.1 Å². The maximum absolute atomic E-state index is 12.6. The molecule has 0 saturated heterocycles. The molecule has 0 aliphatic carbocycles. The summed E-state index contributed by atoms with van der Waals surface area (Å²) in [7, 11) is 0. The van der Waals surface area contributed by atoms with Crippen molar-refractivity contribution in [3.05, 3.63) is 58.1 Å². The van der Waals surface area contributed by atoms with E-state index in [0.717, 1.165) is 17.3 Å². The number of carbonyl (C=O) groups excluding carboxylic acids is 2. The Morgan fingerprint density at radius 1 is 1.00 bits per heavy atom. The van der Waals surface area contributed by atoms with E-state index in [2.05, 4.69) is 21.2 Å². The van der Waals surface area contributed by atoms with Gasteiger partial charge < -0.3 is 14.8 Å². The van der Waals surface area contributed by atoms with Gasteiger partial charge in [0.2, 0.25) is 0 Å². The van der Waals surface area contributed by atoms with Gasteiger partial charge in [0.25, 0.3) is 5.91 Å². The molecule has 26 heavy (non-hydrogen) atoms. The number of halogens is 1. The Hall–Kier alpha value is -2.34. The molecular weight excluding hydrogens is 398 g/mol. The number of hydrogen-bond donors (Lipinski definition) is 1. The number of nitrogens with one attached hydrogen (secondary N) is 1. The third-order valence-corrected chi connectivity index (χ3v) is 3.96. The molecule has 2 aromatic carbocycles. The lowest BCUT2D eigenvalue weighted by atomic mass is 10.1. The smallest absolute Gasteiger partial charge is 0.338 e. The van der Waals surface area contributed by atoms with E-state index in [9.17, 15) is 9.59 Å². The molecule has 0 spiro atoms. The summed E-state index contributed by atoms with van der Waals surface area (Å²) in [4.78, 5) is 24.4. The summed E-state index contributed by atoms with van der Waals surface area (Å²) >= 11 is 3.38. The van der Waals surface area contributed by atoms with E-state index in [1.54, 1.807) is 36.4 Å². The van der Waals surface area contributed by atoms with Gasteiger partial charge in [-0.2, -0.15) is 0 Å². The van der Waals surface area contributed by atoms with E-state index in [0.29, 0.717) is 35.8 Å². The Balaban J connectivity index is 2.10. The maximum atomic E-state index is 12.6. The number of rotatable bonds is 8. The number of anilines is 1. The quantitative estimate of drug-likeness (QED) is 0.607. The van der Waals surface area contributed by atoms with Crippen molar-refractivity contribution in [3.8, 4) is 5.75 Å². The van der Waals surface area contributed by atoms with Crippen LogP contribution >= 0.6 is 15.9 Å². The van der Waals surface area contributed by atoms with Crippen molar-refractivity contribution in [2.75, 3.05) is 18.5 Å². The number of amides is 1. The van der Waals surface area contributed by atoms with Crippen LogP contribution in [0.1, 0.15) is 47.4 Å². The molecule has 2 rings (SSSR count). The van der Waals surface area contributed by atoms with Crippen molar-refractivity contribution < 1.29 is 19.1 Å². The van der Waals surface area contributed by atoms with Gasteiger partial charge in [0.15, 0.2) is 0 Å². The van der Waals surface area contributed by atoms with Crippen molar-refractivity contribution in [2.24, 2.45) is 0 Å². The average Bonchev–Trinajstić information content (AvgIpc) is 2.65. The van der Waals surface area contributed by atoms with Crippen LogP contribution in [0.3, 0.4) is 0 Å². The normalized spacial score (nSPS) is 10.3. The summed E-state index contributed by atoms with van der Waals surface area (Å²) in [5.41, 5.74) is 1.48. The molecule has 0 radical (unpaired) electrons. The van der Waals surface area contributed by atoms with E-state index >= 15 is 0 Å². The Labute approximate surface area is 161 Å². The first-order valence-corrected chi connectivity index (χ1v) is 9.35. The predicted molar refractivity (Wildman–Crippen MR) is 105 cm³/mol. The summed E-state index contributed by atoms with van der Waals surface area (Å²) in [5.74, 6) is -0.113. The summed E-state index contributed by atoms with van der Waals surface area (Å²) in [6, 6.07) is 11.9. The van der Waals surface area contributed by atoms with Crippen LogP contribution < -0.4 is 10.1 Å². The fraction of sp³-hybridized carbons (Fsp3) is 0.300. The molecule has 2 aromatic rings. The van der Waals surface area contributed by atoms with Crippen LogP contribution in [0.15, 0.2) is 46.9 Å². The second-order valence-corrected chi connectivity index (χ2v) is 6.57. The number of hydrogen-bond acceptors (Lipinski definition) is 4. The first-order chi connectivity index (χ1) is 12.5. The van der Waals surface area contributed by atoms with E-state index in [1.165, 1.54) is 0 Å². The van der Waals surface area contributed by atoms with E-state index in [4.69, 9.17) is 9.47 Å². The zero-order valence-corrected chi connectivity index (χ0v) is 16.5. The van der Waals surface area contributed by atoms with Gasteiger partial charge in [-0.25, -0.2) is 4.79 Å². The SMILES string of the molecule is CCCOC(=O)c1ccc(NC(=O)c2cc(Br)ccc2OCCC)cc1. The number of benzene rings is 2. The molecular formula is C20H22BrNO4. The second kappa shape index (κ2) is 9.97. The molecule has 0 atom stereocenters. The summed E-state index contributed by atoms with van der Waals surface area (Å²) in [6.45, 7) is 4.87. The summed E-state index contributed by atoms with van der Waals surface area (Å²) in [6.07, 6.45) is 1.63. The largest absolute Gasteiger partial charge is 0.493 e. The summed E-state index contributed by atoms with van der Waals surface area (Å²) in [5, 5.41) is 2.82. The van der Waals surface area contributed by atoms with Crippen molar-refractivity contribution in [1.29, 1.82) is 0 Å². The maximum Gasteiger partial charge on any atom is 0.338 e. The Morgan fingerprint density at radius 3 is 2.35 bits per heavy atom. The minimum absolute atomic E-state index is 0.279. The molecule has 1 N–H and O–H groups in total. The van der Waals surface area contributed by atoms with Gasteiger partial charge in [-0.05, 0) is 55.3 Å². The molecule has 0 aliphatic heterocycles. The number of esters is 1. The molecule has 1 amide bonds. The zero-order valence-electron chi connectivity index (χ0n) is 14.9. The van der Waals surface area contributed by atoms with Crippen LogP contribution in [0.4, 0.5) is 5.69 Å². The minimum atomic E-state index is -0.369. The van der Waals surface area contributed by atoms with Gasteiger partial charge in [0.1, 0.15) is 5.75 Å². The third kappa shape index (κ3) is 5.59. The molecule has 0 aliphatic rings. The standard InChI is InChI=1S/C20H22BrNO4/c1-3-11-25-18-10-7-15(21)13-17(18)19(23)22-16-8-5-14(6-9-16)20(24)26-12-4-2/h5-10,13H,3-4,11-12H2,1-2H3,(H,22,23). The fourth-order valence-corrected chi connectivity index (χ4v) is 2.54.